The molecule has 3 heterocycles. The van der Waals surface area contributed by atoms with Crippen LogP contribution in [0.25, 0.3) is 0 Å². The molecular weight excluding hydrogens is 1980 g/mol. The summed E-state index contributed by atoms with van der Waals surface area (Å²) in [5.41, 5.74) is 2.96. The Morgan fingerprint density at radius 1 is 0.676 bits per heavy atom. The summed E-state index contributed by atoms with van der Waals surface area (Å²) >= 11 is 0. The number of para-hydroxylation sites is 1. The minimum absolute atomic E-state index is 0.00698. The second-order valence-corrected chi connectivity index (χ2v) is 41.6. The van der Waals surface area contributed by atoms with Gasteiger partial charge in [0.2, 0.25) is 53.2 Å². The molecule has 0 bridgehead atoms. The van der Waals surface area contributed by atoms with Crippen LogP contribution in [0.5, 0.6) is 0 Å². The number of aliphatic hydroxyl groups is 1. The van der Waals surface area contributed by atoms with E-state index in [4.69, 9.17) is 52.7 Å². The molecule has 0 radical (unpaired) electrons. The Labute approximate surface area is 858 Å². The quantitative estimate of drug-likeness (QED) is 0.0171. The number of nitrogens with two attached hydrogens (primary N) is 1. The number of aliphatic hydroxyl groups excluding tert-OH is 1. The van der Waals surface area contributed by atoms with Crippen LogP contribution in [0.2, 0.25) is 0 Å². The first kappa shape index (κ1) is 117. The lowest BCUT2D eigenvalue weighted by atomic mass is 9.44. The molecule has 4 aromatic rings. The lowest BCUT2D eigenvalue weighted by Gasteiger charge is -2.63. The van der Waals surface area contributed by atoms with Gasteiger partial charge in [0.1, 0.15) is 49.3 Å². The topological polar surface area (TPSA) is 608 Å². The second-order valence-electron chi connectivity index (χ2n) is 38.5. The zero-order valence-corrected chi connectivity index (χ0v) is 85.6. The van der Waals surface area contributed by atoms with Crippen LogP contribution in [0.15, 0.2) is 96.6 Å². The number of alkyl carbamates (subject to hydrolysis) is 1. The van der Waals surface area contributed by atoms with Crippen molar-refractivity contribution in [3.63, 3.8) is 0 Å². The number of ketones is 2. The third-order valence-corrected chi connectivity index (χ3v) is 29.1. The number of nitrogens with zero attached hydrogens (tertiary/aromatic N) is 5. The molecule has 148 heavy (non-hydrogen) atoms. The number of urea groups is 1. The number of benzene rings is 3. The van der Waals surface area contributed by atoms with Crippen LogP contribution in [-0.4, -0.2) is 312 Å². The predicted octanol–water partition coefficient (Wildman–Crippen LogP) is 3.55. The standard InChI is InChI=1S/C100H138F2N16O28S2/c1-6-17-89-145-82-56-71-72-55-74(101)73-54-70(119)34-36-97(73,4)99(72,102)80(120)57-98(71,5)100(82,146-89)81(121)58-109-96(132)144-62-65-26-30-69(31-27-65)110-92(128)76(22-16-38-108-95(103)131)112-94(130)90(64(2)3)113-93(129)75(111-84(123)35-44-139-46-48-141-50-51-142-49-47-140-45-39-105-83(122)32-33-88(127)117-59-68-20-11-10-18-66(68)28-29-67-19-12-13-23-77(67)117)21-14-15-37-104-87(126)63-143-79-25-9-7-8-24-78-91(79)114-115-118(78)43-42-116(60-85(124)106-40-52-147(133,134)135)61-86(125)107-41-53-148(136,137)138/h10-13,18-20,23,26-27,30-31,34,36,54,64,71-72,74-76,79-80,82,89-90,120H,6-9,14-17,21-22,24-25,32-33,35,37-53,55-63H2,1-5H3,(H,104,126)(H,105,122)(H,106,124)(H,107,125)(H,109,132)(H,110,128)(H,111,123)(H,112,130)(H,113,129)(H3,103,108,131)(H,133,134,135)(H,136,137,138)/t71-,72-,74-,75+,76-,79?,80-,82+,89?,90-,97-,98-,99-,100+/m0/s1. The number of unbranched alkanes of at least 4 members (excludes halogenated alkanes) is 1. The van der Waals surface area contributed by atoms with Crippen molar-refractivity contribution < 1.29 is 140 Å². The number of hydrogen-bond donors (Lipinski definition) is 14. The van der Waals surface area contributed by atoms with E-state index in [0.717, 1.165) is 30.0 Å². The largest absolute Gasteiger partial charge is 0.445 e. The van der Waals surface area contributed by atoms with Gasteiger partial charge in [0, 0.05) is 92.1 Å². The normalized spacial score (nSPS) is 22.7. The van der Waals surface area contributed by atoms with Gasteiger partial charge in [-0.25, -0.2) is 23.1 Å². The summed E-state index contributed by atoms with van der Waals surface area (Å²) in [6.07, 6.45) is 0.460. The number of amides is 12. The summed E-state index contributed by atoms with van der Waals surface area (Å²) in [4.78, 5) is 179. The van der Waals surface area contributed by atoms with Crippen molar-refractivity contribution in [1.82, 2.24) is 67.7 Å². The van der Waals surface area contributed by atoms with E-state index in [2.05, 4.69) is 75.3 Å². The number of rotatable bonds is 58. The maximum Gasteiger partial charge on any atom is 0.407 e. The van der Waals surface area contributed by atoms with Crippen molar-refractivity contribution in [3.05, 3.63) is 130 Å². The van der Waals surface area contributed by atoms with Gasteiger partial charge in [-0.3, -0.25) is 66.7 Å². The molecule has 1 aromatic heterocycles. The van der Waals surface area contributed by atoms with Crippen LogP contribution >= 0.6 is 0 Å². The number of anilines is 2. The predicted molar refractivity (Wildman–Crippen MR) is 530 cm³/mol. The highest BCUT2D eigenvalue weighted by Crippen LogP contribution is 2.72. The summed E-state index contributed by atoms with van der Waals surface area (Å²) in [5, 5.41) is 47.2. The number of alkyl halides is 2. The van der Waals surface area contributed by atoms with E-state index >= 15 is 8.78 Å². The molecule has 1 saturated heterocycles. The summed E-state index contributed by atoms with van der Waals surface area (Å²) in [6.45, 7) is 7.07. The molecule has 4 fully saturated rings. The van der Waals surface area contributed by atoms with Gasteiger partial charge in [-0.1, -0.05) is 113 Å². The van der Waals surface area contributed by atoms with E-state index in [1.54, 1.807) is 30.4 Å². The van der Waals surface area contributed by atoms with Gasteiger partial charge < -0.3 is 107 Å². The number of primary amides is 1. The molecule has 0 spiro atoms. The highest BCUT2D eigenvalue weighted by atomic mass is 32.2. The van der Waals surface area contributed by atoms with E-state index in [-0.39, 0.29) is 186 Å². The maximum atomic E-state index is 18.1. The van der Waals surface area contributed by atoms with Crippen molar-refractivity contribution in [1.29, 1.82) is 0 Å². The Hall–Kier alpha value is -11.7. The van der Waals surface area contributed by atoms with Crippen molar-refractivity contribution >= 4 is 108 Å². The molecule has 44 nitrogen and oxygen atoms in total. The zero-order chi connectivity index (χ0) is 107. The first-order chi connectivity index (χ1) is 70.6. The summed E-state index contributed by atoms with van der Waals surface area (Å²) in [5.74, 6) is -4.15. The maximum absolute atomic E-state index is 18.1. The Kier molecular flexibility index (Phi) is 43.4. The Morgan fingerprint density at radius 2 is 1.31 bits per heavy atom. The van der Waals surface area contributed by atoms with Gasteiger partial charge in [-0.2, -0.15) is 16.8 Å². The molecule has 812 valence electrons. The monoisotopic (exact) mass is 2110 g/mol. The second kappa shape index (κ2) is 55.2. The minimum Gasteiger partial charge on any atom is -0.445 e. The molecule has 5 aliphatic carbocycles. The summed E-state index contributed by atoms with van der Waals surface area (Å²) < 4.78 is 147. The first-order valence-corrected chi connectivity index (χ1v) is 53.4. The lowest BCUT2D eigenvalue weighted by Crippen LogP contribution is -2.71. The molecule has 15 N–H and O–H groups in total. The molecule has 14 atom stereocenters. The van der Waals surface area contributed by atoms with Crippen LogP contribution in [-0.2, 0) is 137 Å². The van der Waals surface area contributed by atoms with Crippen LogP contribution in [0.3, 0.4) is 0 Å². The fourth-order valence-corrected chi connectivity index (χ4v) is 20.9. The van der Waals surface area contributed by atoms with Gasteiger partial charge in [0.15, 0.2) is 29.1 Å². The van der Waals surface area contributed by atoms with E-state index in [1.165, 1.54) is 48.2 Å². The molecule has 3 saturated carbocycles. The molecular formula is C100H138F2N16O28S2. The van der Waals surface area contributed by atoms with Gasteiger partial charge in [-0.15, -0.1) is 5.10 Å². The van der Waals surface area contributed by atoms with Crippen LogP contribution in [0, 0.1) is 40.4 Å². The van der Waals surface area contributed by atoms with Crippen molar-refractivity contribution in [2.75, 3.05) is 140 Å². The smallest absolute Gasteiger partial charge is 0.407 e. The molecule has 2 unspecified atom stereocenters. The Morgan fingerprint density at radius 3 is 1.99 bits per heavy atom. The third kappa shape index (κ3) is 32.4. The van der Waals surface area contributed by atoms with E-state index in [1.807, 2.05) is 55.5 Å². The van der Waals surface area contributed by atoms with Gasteiger partial charge >= 0.3 is 12.1 Å². The van der Waals surface area contributed by atoms with E-state index < -0.39 is 225 Å². The SMILES string of the molecule is CCCC1O[C@@H]2C[C@H]3[C@@H]4C[C@H](F)C5=CC(=O)C=C[C@]5(C)[C@@]4(F)[C@@H](O)C[C@]3(C)[C@]2(C(=O)CNC(=O)OCc2ccc(NC(=O)[C@H](CCCNC(N)=O)NC(=O)[C@@H](NC(=O)[C@@H](CCCCNC(=O)COC3CCCCCc4c3nnn4CCN(CC(=O)NCCS(=O)(=O)O)CC(=O)NCCS(=O)(=O)O)NC(=O)CCOCCOCCOCCOCCNC(=O)CCC(=O)N3Cc4ccccc4C#Cc4ccccc43)C(C)C)cc2)O1. The summed E-state index contributed by atoms with van der Waals surface area (Å²) in [6, 6.07) is 16.3. The van der Waals surface area contributed by atoms with Crippen LogP contribution in [0.4, 0.5) is 29.7 Å². The minimum atomic E-state index is -4.42. The molecule has 3 aromatic carbocycles. The van der Waals surface area contributed by atoms with Crippen molar-refractivity contribution in [2.45, 2.75) is 230 Å². The number of nitrogens with one attached hydrogen (secondary N) is 10. The number of fused-ring (bicyclic) bond motifs is 10. The average molecular weight is 2110 g/mol. The van der Waals surface area contributed by atoms with Gasteiger partial charge in [-0.05, 0) is 155 Å². The first-order valence-electron chi connectivity index (χ1n) is 50.2. The lowest BCUT2D eigenvalue weighted by molar-refractivity contribution is -0.233. The fourth-order valence-electron chi connectivity index (χ4n) is 20.2. The number of hydrogen-bond acceptors (Lipinski definition) is 29. The molecule has 2 aliphatic heterocycles. The van der Waals surface area contributed by atoms with E-state index in [0.29, 0.717) is 66.9 Å². The van der Waals surface area contributed by atoms with Crippen molar-refractivity contribution in [2.24, 2.45) is 34.3 Å². The number of allylic oxidation sites excluding steroid dienone is 4. The Bertz CT molecular complexity index is 5640. The zero-order valence-electron chi connectivity index (χ0n) is 83.9. The number of ether oxygens (including phenoxy) is 8. The highest BCUT2D eigenvalue weighted by Gasteiger charge is 2.80. The number of halogens is 2. The molecule has 48 heteroatoms. The number of Topliss-reactive ketones (excluding diaryl/α,β-unsaturated/α-hetero) is 1. The van der Waals surface area contributed by atoms with Gasteiger partial charge in [0.25, 0.3) is 20.2 Å². The number of aromatic nitrogens is 3. The van der Waals surface area contributed by atoms with Crippen LogP contribution < -0.4 is 63.8 Å². The van der Waals surface area contributed by atoms with Crippen LogP contribution in [0.1, 0.15) is 184 Å². The molecule has 11 rings (SSSR count). The summed E-state index contributed by atoms with van der Waals surface area (Å²) in [7, 11) is -8.83. The third-order valence-electron chi connectivity index (χ3n) is 27.7. The molecule has 12 amide bonds. The van der Waals surface area contributed by atoms with Gasteiger partial charge in [0.05, 0.1) is 121 Å². The number of carbonyl (C=O) groups excluding carboxylic acids is 13. The number of carbonyl (C=O) groups is 13. The fraction of sp³-hybridized carbons (Fsp3) is 0.610. The Balaban J connectivity index is 0.654. The molecule has 7 aliphatic rings. The van der Waals surface area contributed by atoms with E-state index in [9.17, 15) is 84.3 Å². The van der Waals surface area contributed by atoms with Crippen molar-refractivity contribution in [3.8, 4) is 11.8 Å². The highest BCUT2D eigenvalue weighted by molar-refractivity contribution is 7.86. The average Bonchev–Trinajstić information content (AvgIpc) is 1.35.